The van der Waals surface area contributed by atoms with Crippen molar-refractivity contribution in [3.8, 4) is 5.75 Å². The number of anilines is 1. The Balaban J connectivity index is 2.26. The highest BCUT2D eigenvalue weighted by Gasteiger charge is 2.10. The largest absolute Gasteiger partial charge is 0.490 e. The van der Waals surface area contributed by atoms with Gasteiger partial charge in [0.25, 0.3) is 0 Å². The standard InChI is InChI=1S/C15H15BrFNOS/c1-2-6-19-14-9-15(13(18)8-12(14)17)20-11-5-3-4-10(16)7-11/h3-5,7-9H,2,6,18H2,1H3. The Hall–Kier alpha value is -1.20. The molecule has 0 heterocycles. The van der Waals surface area contributed by atoms with Crippen LogP contribution in [0.25, 0.3) is 0 Å². The van der Waals surface area contributed by atoms with Crippen molar-refractivity contribution in [1.82, 2.24) is 0 Å². The Labute approximate surface area is 130 Å². The van der Waals surface area contributed by atoms with Gasteiger partial charge in [-0.3, -0.25) is 0 Å². The van der Waals surface area contributed by atoms with Crippen molar-refractivity contribution in [2.45, 2.75) is 23.1 Å². The molecule has 0 unspecified atom stereocenters. The third kappa shape index (κ3) is 3.90. The first-order valence-electron chi connectivity index (χ1n) is 6.25. The molecular formula is C15H15BrFNOS. The van der Waals surface area contributed by atoms with Gasteiger partial charge in [0.05, 0.1) is 6.61 Å². The summed E-state index contributed by atoms with van der Waals surface area (Å²) in [4.78, 5) is 1.81. The van der Waals surface area contributed by atoms with Crippen LogP contribution in [0.3, 0.4) is 0 Å². The van der Waals surface area contributed by atoms with Crippen molar-refractivity contribution in [3.05, 3.63) is 46.7 Å². The van der Waals surface area contributed by atoms with E-state index in [0.29, 0.717) is 12.3 Å². The average Bonchev–Trinajstić information content (AvgIpc) is 2.40. The topological polar surface area (TPSA) is 35.2 Å². The SMILES string of the molecule is CCCOc1cc(Sc2cccc(Br)c2)c(N)cc1F. The number of nitrogens with two attached hydrogens (primary N) is 1. The van der Waals surface area contributed by atoms with Gasteiger partial charge in [-0.2, -0.15) is 0 Å². The van der Waals surface area contributed by atoms with Gasteiger partial charge in [-0.1, -0.05) is 40.7 Å². The number of rotatable bonds is 5. The van der Waals surface area contributed by atoms with E-state index in [1.165, 1.54) is 17.8 Å². The maximum absolute atomic E-state index is 13.7. The monoisotopic (exact) mass is 355 g/mol. The second-order valence-electron chi connectivity index (χ2n) is 4.23. The van der Waals surface area contributed by atoms with E-state index in [1.807, 2.05) is 31.2 Å². The first-order valence-corrected chi connectivity index (χ1v) is 7.86. The molecule has 5 heteroatoms. The summed E-state index contributed by atoms with van der Waals surface area (Å²) in [6.07, 6.45) is 0.831. The van der Waals surface area contributed by atoms with Crippen LogP contribution in [-0.2, 0) is 0 Å². The molecule has 0 radical (unpaired) electrons. The Kier molecular flexibility index (Phi) is 5.31. The molecule has 2 N–H and O–H groups in total. The lowest BCUT2D eigenvalue weighted by Crippen LogP contribution is -1.99. The summed E-state index contributed by atoms with van der Waals surface area (Å²) < 4.78 is 20.1. The molecule has 2 aromatic rings. The zero-order valence-corrected chi connectivity index (χ0v) is 13.4. The van der Waals surface area contributed by atoms with E-state index in [1.54, 1.807) is 6.07 Å². The van der Waals surface area contributed by atoms with Crippen LogP contribution < -0.4 is 10.5 Å². The van der Waals surface area contributed by atoms with Gasteiger partial charge in [-0.15, -0.1) is 0 Å². The average molecular weight is 356 g/mol. The lowest BCUT2D eigenvalue weighted by Gasteiger charge is -2.11. The van der Waals surface area contributed by atoms with Crippen LogP contribution in [0.5, 0.6) is 5.75 Å². The molecule has 106 valence electrons. The zero-order valence-electron chi connectivity index (χ0n) is 11.0. The van der Waals surface area contributed by atoms with Crippen molar-refractivity contribution in [1.29, 1.82) is 0 Å². The second kappa shape index (κ2) is 6.99. The van der Waals surface area contributed by atoms with Gasteiger partial charge in [-0.05, 0) is 30.7 Å². The normalized spacial score (nSPS) is 10.6. The maximum atomic E-state index is 13.7. The quantitative estimate of drug-likeness (QED) is 0.756. The zero-order chi connectivity index (χ0) is 14.5. The van der Waals surface area contributed by atoms with Crippen molar-refractivity contribution < 1.29 is 9.13 Å². The Bertz CT molecular complexity index is 606. The summed E-state index contributed by atoms with van der Waals surface area (Å²) >= 11 is 4.91. The maximum Gasteiger partial charge on any atom is 0.167 e. The summed E-state index contributed by atoms with van der Waals surface area (Å²) in [5.41, 5.74) is 6.29. The van der Waals surface area contributed by atoms with Crippen molar-refractivity contribution >= 4 is 33.4 Å². The molecule has 0 aromatic heterocycles. The first kappa shape index (κ1) is 15.2. The number of ether oxygens (including phenoxy) is 1. The molecule has 2 rings (SSSR count). The lowest BCUT2D eigenvalue weighted by molar-refractivity contribution is 0.300. The van der Waals surface area contributed by atoms with Crippen LogP contribution in [0.15, 0.2) is 50.7 Å². The minimum atomic E-state index is -0.422. The molecule has 0 aliphatic carbocycles. The van der Waals surface area contributed by atoms with Gasteiger partial charge in [0, 0.05) is 26.0 Å². The molecule has 2 nitrogen and oxygen atoms in total. The fourth-order valence-electron chi connectivity index (χ4n) is 1.62. The van der Waals surface area contributed by atoms with Gasteiger partial charge in [0.2, 0.25) is 0 Å². The molecule has 0 saturated heterocycles. The highest BCUT2D eigenvalue weighted by molar-refractivity contribution is 9.10. The third-order valence-electron chi connectivity index (χ3n) is 2.55. The molecule has 2 aromatic carbocycles. The van der Waals surface area contributed by atoms with E-state index in [0.717, 1.165) is 20.7 Å². The van der Waals surface area contributed by atoms with Gasteiger partial charge >= 0.3 is 0 Å². The molecule has 0 bridgehead atoms. The van der Waals surface area contributed by atoms with Gasteiger partial charge < -0.3 is 10.5 Å². The highest BCUT2D eigenvalue weighted by Crippen LogP contribution is 2.36. The van der Waals surface area contributed by atoms with Crippen molar-refractivity contribution in [3.63, 3.8) is 0 Å². The van der Waals surface area contributed by atoms with Crippen LogP contribution in [0.1, 0.15) is 13.3 Å². The molecule has 0 amide bonds. The summed E-state index contributed by atoms with van der Waals surface area (Å²) in [5.74, 6) is -0.173. The van der Waals surface area contributed by atoms with E-state index in [2.05, 4.69) is 15.9 Å². The van der Waals surface area contributed by atoms with Gasteiger partial charge in [0.15, 0.2) is 11.6 Å². The van der Waals surface area contributed by atoms with Crippen LogP contribution in [0.2, 0.25) is 0 Å². The second-order valence-corrected chi connectivity index (χ2v) is 6.26. The smallest absolute Gasteiger partial charge is 0.167 e. The van der Waals surface area contributed by atoms with Crippen LogP contribution in [-0.4, -0.2) is 6.61 Å². The van der Waals surface area contributed by atoms with Crippen molar-refractivity contribution in [2.24, 2.45) is 0 Å². The molecule has 0 fully saturated rings. The van der Waals surface area contributed by atoms with E-state index in [9.17, 15) is 4.39 Å². The summed E-state index contributed by atoms with van der Waals surface area (Å²) in [6, 6.07) is 10.8. The predicted molar refractivity (Wildman–Crippen MR) is 84.9 cm³/mol. The molecule has 0 saturated carbocycles. The Morgan fingerprint density at radius 3 is 2.80 bits per heavy atom. The number of benzene rings is 2. The number of hydrogen-bond acceptors (Lipinski definition) is 3. The molecule has 0 spiro atoms. The Morgan fingerprint density at radius 1 is 1.30 bits per heavy atom. The highest BCUT2D eigenvalue weighted by atomic mass is 79.9. The van der Waals surface area contributed by atoms with Gasteiger partial charge in [-0.25, -0.2) is 4.39 Å². The molecule has 20 heavy (non-hydrogen) atoms. The number of halogens is 2. The fraction of sp³-hybridized carbons (Fsp3) is 0.200. The Morgan fingerprint density at radius 2 is 2.10 bits per heavy atom. The summed E-state index contributed by atoms with van der Waals surface area (Å²) in [5, 5.41) is 0. The van der Waals surface area contributed by atoms with Crippen molar-refractivity contribution in [2.75, 3.05) is 12.3 Å². The molecule has 0 aliphatic heterocycles. The lowest BCUT2D eigenvalue weighted by atomic mass is 10.3. The molecule has 0 aliphatic rings. The van der Waals surface area contributed by atoms with Crippen LogP contribution in [0.4, 0.5) is 10.1 Å². The summed E-state index contributed by atoms with van der Waals surface area (Å²) in [7, 11) is 0. The fourth-order valence-corrected chi connectivity index (χ4v) is 3.10. The minimum Gasteiger partial charge on any atom is -0.490 e. The van der Waals surface area contributed by atoms with Gasteiger partial charge in [0.1, 0.15) is 0 Å². The van der Waals surface area contributed by atoms with Crippen LogP contribution in [0, 0.1) is 5.82 Å². The van der Waals surface area contributed by atoms with Crippen LogP contribution >= 0.6 is 27.7 Å². The molecule has 0 atom stereocenters. The van der Waals surface area contributed by atoms with E-state index >= 15 is 0 Å². The summed E-state index contributed by atoms with van der Waals surface area (Å²) in [6.45, 7) is 2.47. The molecular weight excluding hydrogens is 341 g/mol. The van der Waals surface area contributed by atoms with E-state index in [4.69, 9.17) is 10.5 Å². The predicted octanol–water partition coefficient (Wildman–Crippen LogP) is 5.11. The van der Waals surface area contributed by atoms with E-state index < -0.39 is 5.82 Å². The third-order valence-corrected chi connectivity index (χ3v) is 4.11. The van der Waals surface area contributed by atoms with E-state index in [-0.39, 0.29) is 5.75 Å². The number of hydrogen-bond donors (Lipinski definition) is 1. The number of nitrogen functional groups attached to an aromatic ring is 1. The first-order chi connectivity index (χ1) is 9.60. The minimum absolute atomic E-state index is 0.249.